The lowest BCUT2D eigenvalue weighted by atomic mass is 10.2. The van der Waals surface area contributed by atoms with Gasteiger partial charge in [-0.1, -0.05) is 0 Å². The standard InChI is InChI=1S/C22H24FN7O3S/c1-13-19(34(32,33)16-3-4-17-14(7-16)9-26-28-17)8-18(29(13)2)22(31)27-15-5-6-30(12-15)21-11-24-20(23)10-25-21/h3-4,7-8,10-11,15,26,28H,5-6,9,12H2,1-2H3,(H,27,31)/t15-/m1/s1. The maximum Gasteiger partial charge on any atom is 0.268 e. The summed E-state index contributed by atoms with van der Waals surface area (Å²) in [6, 6.07) is 6.21. The molecule has 12 heteroatoms. The van der Waals surface area contributed by atoms with Gasteiger partial charge in [-0.25, -0.2) is 23.8 Å². The van der Waals surface area contributed by atoms with Gasteiger partial charge in [-0.15, -0.1) is 0 Å². The van der Waals surface area contributed by atoms with Crippen molar-refractivity contribution >= 4 is 27.2 Å². The van der Waals surface area contributed by atoms with Crippen molar-refractivity contribution in [3.05, 3.63) is 59.6 Å². The molecule has 2 aliphatic heterocycles. The molecule has 0 unspecified atom stereocenters. The Kier molecular flexibility index (Phi) is 5.48. The van der Waals surface area contributed by atoms with Crippen molar-refractivity contribution in [2.75, 3.05) is 23.4 Å². The van der Waals surface area contributed by atoms with Crippen molar-refractivity contribution < 1.29 is 17.6 Å². The molecular formula is C22H24FN7O3S. The van der Waals surface area contributed by atoms with Gasteiger partial charge in [0, 0.05) is 38.4 Å². The number of hydrogen-bond donors (Lipinski definition) is 3. The molecule has 5 rings (SSSR count). The molecule has 3 N–H and O–H groups in total. The molecule has 1 atom stereocenters. The van der Waals surface area contributed by atoms with Gasteiger partial charge in [0.05, 0.1) is 27.9 Å². The lowest BCUT2D eigenvalue weighted by Crippen LogP contribution is -2.38. The molecule has 10 nitrogen and oxygen atoms in total. The van der Waals surface area contributed by atoms with Crippen molar-refractivity contribution in [3.8, 4) is 0 Å². The maximum atomic E-state index is 13.4. The number of benzene rings is 1. The zero-order valence-corrected chi connectivity index (χ0v) is 19.5. The summed E-state index contributed by atoms with van der Waals surface area (Å²) in [5.41, 5.74) is 8.41. The Morgan fingerprint density at radius 3 is 2.82 bits per heavy atom. The minimum atomic E-state index is -3.81. The number of fused-ring (bicyclic) bond motifs is 1. The van der Waals surface area contributed by atoms with E-state index in [0.717, 1.165) is 17.4 Å². The Hall–Kier alpha value is -3.51. The van der Waals surface area contributed by atoms with Gasteiger partial charge in [-0.3, -0.25) is 4.79 Å². The molecule has 34 heavy (non-hydrogen) atoms. The normalized spacial score (nSPS) is 17.5. The molecule has 178 valence electrons. The van der Waals surface area contributed by atoms with Gasteiger partial charge in [0.1, 0.15) is 11.5 Å². The SMILES string of the molecule is Cc1c(S(=O)(=O)c2ccc3c(c2)CNN3)cc(C(=O)N[C@@H]2CCN(c3cnc(F)cn3)C2)n1C. The van der Waals surface area contributed by atoms with E-state index < -0.39 is 15.8 Å². The predicted octanol–water partition coefficient (Wildman–Crippen LogP) is 1.53. The van der Waals surface area contributed by atoms with Gasteiger partial charge in [0.15, 0.2) is 0 Å². The number of carbonyl (C=O) groups is 1. The first-order valence-corrected chi connectivity index (χ1v) is 12.3. The smallest absolute Gasteiger partial charge is 0.268 e. The van der Waals surface area contributed by atoms with Crippen LogP contribution in [0, 0.1) is 12.9 Å². The Bertz CT molecular complexity index is 1370. The molecule has 2 aliphatic rings. The molecule has 1 fully saturated rings. The predicted molar refractivity (Wildman–Crippen MR) is 123 cm³/mol. The zero-order chi connectivity index (χ0) is 24.0. The van der Waals surface area contributed by atoms with Crippen LogP contribution in [-0.2, 0) is 23.4 Å². The number of halogens is 1. The number of carbonyl (C=O) groups excluding carboxylic acids is 1. The van der Waals surface area contributed by atoms with Crippen LogP contribution in [0.15, 0.2) is 46.5 Å². The average Bonchev–Trinajstić information content (AvgIpc) is 3.54. The molecule has 0 aliphatic carbocycles. The lowest BCUT2D eigenvalue weighted by Gasteiger charge is -2.17. The molecule has 4 heterocycles. The quantitative estimate of drug-likeness (QED) is 0.498. The number of aromatic nitrogens is 3. The van der Waals surface area contributed by atoms with E-state index in [1.165, 1.54) is 12.3 Å². The third-order valence-corrected chi connectivity index (χ3v) is 8.22. The van der Waals surface area contributed by atoms with E-state index in [4.69, 9.17) is 0 Å². The number of sulfone groups is 1. The molecule has 0 radical (unpaired) electrons. The fraction of sp³-hybridized carbons (Fsp3) is 0.318. The lowest BCUT2D eigenvalue weighted by molar-refractivity contribution is 0.0932. The van der Waals surface area contributed by atoms with E-state index >= 15 is 0 Å². The molecule has 3 aromatic rings. The summed E-state index contributed by atoms with van der Waals surface area (Å²) in [6.45, 7) is 3.35. The topological polar surface area (TPSA) is 121 Å². The number of hydrazine groups is 1. The van der Waals surface area contributed by atoms with Crippen LogP contribution >= 0.6 is 0 Å². The minimum absolute atomic E-state index is 0.105. The second-order valence-corrected chi connectivity index (χ2v) is 10.4. The number of anilines is 2. The number of amides is 1. The third-order valence-electron chi connectivity index (χ3n) is 6.35. The van der Waals surface area contributed by atoms with Crippen molar-refractivity contribution in [2.45, 2.75) is 35.7 Å². The summed E-state index contributed by atoms with van der Waals surface area (Å²) in [5.74, 6) is -0.460. The monoisotopic (exact) mass is 485 g/mol. The van der Waals surface area contributed by atoms with E-state index in [1.807, 2.05) is 4.90 Å². The first-order chi connectivity index (χ1) is 16.2. The number of nitrogens with one attached hydrogen (secondary N) is 3. The number of hydrogen-bond acceptors (Lipinski definition) is 8. The highest BCUT2D eigenvalue weighted by atomic mass is 32.2. The van der Waals surface area contributed by atoms with Crippen LogP contribution in [0.5, 0.6) is 0 Å². The first-order valence-electron chi connectivity index (χ1n) is 10.8. The average molecular weight is 486 g/mol. The van der Waals surface area contributed by atoms with E-state index in [-0.39, 0.29) is 27.4 Å². The minimum Gasteiger partial charge on any atom is -0.353 e. The second-order valence-electron chi connectivity index (χ2n) is 8.44. The summed E-state index contributed by atoms with van der Waals surface area (Å²) in [6.07, 6.45) is 3.10. The van der Waals surface area contributed by atoms with Crippen LogP contribution in [0.25, 0.3) is 0 Å². The van der Waals surface area contributed by atoms with E-state index in [0.29, 0.717) is 37.6 Å². The highest BCUT2D eigenvalue weighted by Gasteiger charge is 2.30. The van der Waals surface area contributed by atoms with Crippen molar-refractivity contribution in [1.82, 2.24) is 25.3 Å². The summed E-state index contributed by atoms with van der Waals surface area (Å²) >= 11 is 0. The fourth-order valence-corrected chi connectivity index (χ4v) is 5.93. The van der Waals surface area contributed by atoms with Gasteiger partial charge in [0.2, 0.25) is 15.8 Å². The highest BCUT2D eigenvalue weighted by molar-refractivity contribution is 7.91. The van der Waals surface area contributed by atoms with Gasteiger partial charge >= 0.3 is 0 Å². The van der Waals surface area contributed by atoms with Crippen LogP contribution in [0.4, 0.5) is 15.9 Å². The molecule has 1 saturated heterocycles. The highest BCUT2D eigenvalue weighted by Crippen LogP contribution is 2.30. The molecular weight excluding hydrogens is 461 g/mol. The van der Waals surface area contributed by atoms with Crippen LogP contribution < -0.4 is 21.1 Å². The summed E-state index contributed by atoms with van der Waals surface area (Å²) in [7, 11) is -2.14. The Labute approximate surface area is 196 Å². The van der Waals surface area contributed by atoms with Gasteiger partial charge < -0.3 is 20.2 Å². The fourth-order valence-electron chi connectivity index (χ4n) is 4.34. The zero-order valence-electron chi connectivity index (χ0n) is 18.7. The molecule has 0 spiro atoms. The van der Waals surface area contributed by atoms with Crippen LogP contribution in [0.1, 0.15) is 28.2 Å². The summed E-state index contributed by atoms with van der Waals surface area (Å²) in [5, 5.41) is 2.98. The van der Waals surface area contributed by atoms with Crippen LogP contribution in [0.2, 0.25) is 0 Å². The Morgan fingerprint density at radius 2 is 2.06 bits per heavy atom. The molecule has 0 saturated carbocycles. The maximum absolute atomic E-state index is 13.4. The third kappa shape index (κ3) is 3.88. The van der Waals surface area contributed by atoms with Crippen molar-refractivity contribution in [3.63, 3.8) is 0 Å². The molecule has 0 bridgehead atoms. The summed E-state index contributed by atoms with van der Waals surface area (Å²) in [4.78, 5) is 22.9. The molecule has 2 aromatic heterocycles. The second kappa shape index (κ2) is 8.37. The Morgan fingerprint density at radius 1 is 1.24 bits per heavy atom. The summed E-state index contributed by atoms with van der Waals surface area (Å²) < 4.78 is 41.4. The van der Waals surface area contributed by atoms with Gasteiger partial charge in [-0.2, -0.15) is 4.39 Å². The van der Waals surface area contributed by atoms with Gasteiger partial charge in [0.25, 0.3) is 5.91 Å². The van der Waals surface area contributed by atoms with Gasteiger partial charge in [-0.05, 0) is 43.2 Å². The van der Waals surface area contributed by atoms with Crippen LogP contribution in [-0.4, -0.2) is 48.0 Å². The first kappa shape index (κ1) is 22.3. The molecule has 1 aromatic carbocycles. The number of nitrogens with zero attached hydrogens (tertiary/aromatic N) is 4. The van der Waals surface area contributed by atoms with E-state index in [1.54, 1.807) is 36.7 Å². The van der Waals surface area contributed by atoms with E-state index in [2.05, 4.69) is 26.1 Å². The van der Waals surface area contributed by atoms with E-state index in [9.17, 15) is 17.6 Å². The number of rotatable bonds is 5. The van der Waals surface area contributed by atoms with Crippen LogP contribution in [0.3, 0.4) is 0 Å². The van der Waals surface area contributed by atoms with Crippen molar-refractivity contribution in [1.29, 1.82) is 0 Å². The molecule has 1 amide bonds. The Balaban J connectivity index is 1.34. The van der Waals surface area contributed by atoms with Crippen molar-refractivity contribution in [2.24, 2.45) is 7.05 Å². The largest absolute Gasteiger partial charge is 0.353 e.